The number of nitrogens with one attached hydrogen (secondary N) is 2. The van der Waals surface area contributed by atoms with Crippen molar-refractivity contribution >= 4 is 51.3 Å². The van der Waals surface area contributed by atoms with E-state index in [1.807, 2.05) is 30.3 Å². The molecule has 2 N–H and O–H groups in total. The molecule has 0 aliphatic rings. The molecule has 1 aromatic carbocycles. The van der Waals surface area contributed by atoms with Gasteiger partial charge in [-0.05, 0) is 36.8 Å². The molecule has 196 valence electrons. The van der Waals surface area contributed by atoms with Crippen molar-refractivity contribution in [3.63, 3.8) is 0 Å². The molecule has 0 saturated carbocycles. The van der Waals surface area contributed by atoms with Gasteiger partial charge in [-0.3, -0.25) is 18.7 Å². The Kier molecular flexibility index (Phi) is 6.53. The van der Waals surface area contributed by atoms with E-state index in [0.717, 1.165) is 16.6 Å². The van der Waals surface area contributed by atoms with E-state index in [1.165, 1.54) is 9.13 Å². The van der Waals surface area contributed by atoms with Gasteiger partial charge in [0.25, 0.3) is 5.56 Å². The number of fused-ring (bicyclic) bond motifs is 2. The average molecular weight is 535 g/mol. The molecule has 0 fully saturated rings. The zero-order valence-corrected chi connectivity index (χ0v) is 22.2. The summed E-state index contributed by atoms with van der Waals surface area (Å²) in [6.45, 7) is 0.0513. The number of benzene rings is 1. The number of aromatic nitrogens is 6. The van der Waals surface area contributed by atoms with E-state index in [1.54, 1.807) is 49.8 Å². The Morgan fingerprint density at radius 1 is 1.08 bits per heavy atom. The predicted octanol–water partition coefficient (Wildman–Crippen LogP) is 2.78. The molecular formula is C26H27ClN8O3. The largest absolute Gasteiger partial charge is 0.357 e. The Bertz CT molecular complexity index is 1810. The topological polar surface area (TPSA) is 123 Å². The first kappa shape index (κ1) is 25.3. The summed E-state index contributed by atoms with van der Waals surface area (Å²) >= 11 is 6.29. The zero-order valence-electron chi connectivity index (χ0n) is 21.4. The van der Waals surface area contributed by atoms with Gasteiger partial charge in [0.05, 0.1) is 6.54 Å². The number of amides is 1. The Morgan fingerprint density at radius 2 is 1.84 bits per heavy atom. The molecule has 1 amide bonds. The van der Waals surface area contributed by atoms with Gasteiger partial charge in [-0.15, -0.1) is 0 Å². The molecule has 0 atom stereocenters. The van der Waals surface area contributed by atoms with Crippen molar-refractivity contribution in [2.75, 3.05) is 19.4 Å². The first-order chi connectivity index (χ1) is 18.1. The lowest BCUT2D eigenvalue weighted by Crippen LogP contribution is -2.39. The molecule has 12 heteroatoms. The summed E-state index contributed by atoms with van der Waals surface area (Å²) < 4.78 is 4.14. The summed E-state index contributed by atoms with van der Waals surface area (Å²) in [5, 5.41) is 4.55. The van der Waals surface area contributed by atoms with E-state index in [2.05, 4.69) is 20.3 Å². The summed E-state index contributed by atoms with van der Waals surface area (Å²) in [7, 11) is 6.73. The number of nitrogens with zero attached hydrogens (tertiary/aromatic N) is 6. The van der Waals surface area contributed by atoms with E-state index >= 15 is 0 Å². The molecule has 0 spiro atoms. The molecular weight excluding hydrogens is 508 g/mol. The van der Waals surface area contributed by atoms with Gasteiger partial charge < -0.3 is 19.8 Å². The first-order valence-corrected chi connectivity index (χ1v) is 12.4. The maximum atomic E-state index is 13.5. The van der Waals surface area contributed by atoms with Gasteiger partial charge >= 0.3 is 5.69 Å². The van der Waals surface area contributed by atoms with Crippen LogP contribution in [0.15, 0.2) is 52.1 Å². The highest BCUT2D eigenvalue weighted by Crippen LogP contribution is 2.24. The number of rotatable bonds is 7. The van der Waals surface area contributed by atoms with Gasteiger partial charge in [0, 0.05) is 61.9 Å². The molecule has 38 heavy (non-hydrogen) atoms. The second-order valence-corrected chi connectivity index (χ2v) is 9.73. The first-order valence-electron chi connectivity index (χ1n) is 12.0. The molecule has 11 nitrogen and oxygen atoms in total. The van der Waals surface area contributed by atoms with Crippen molar-refractivity contribution < 1.29 is 4.79 Å². The fourth-order valence-electron chi connectivity index (χ4n) is 4.39. The standard InChI is InChI=1S/C26H27ClN8O3/c1-32(2)21(36)12-11-15-7-5-10-20(29-15)30-25-31-23-22(33(25)3)24(37)35(26(38)34(23)4)14-16-13-17-18(27)8-6-9-19(17)28-16/h5-10,13,28H,11-12,14H2,1-4H3,(H,29,30,31). The smallest absolute Gasteiger partial charge is 0.332 e. The third-order valence-electron chi connectivity index (χ3n) is 6.50. The van der Waals surface area contributed by atoms with Crippen LogP contribution in [0.3, 0.4) is 0 Å². The van der Waals surface area contributed by atoms with E-state index in [0.29, 0.717) is 35.3 Å². The van der Waals surface area contributed by atoms with Crippen molar-refractivity contribution in [3.8, 4) is 0 Å². The van der Waals surface area contributed by atoms with E-state index in [9.17, 15) is 14.4 Å². The Morgan fingerprint density at radius 3 is 2.58 bits per heavy atom. The molecule has 0 aliphatic carbocycles. The lowest BCUT2D eigenvalue weighted by atomic mass is 10.2. The molecule has 5 aromatic rings. The van der Waals surface area contributed by atoms with Gasteiger partial charge in [-0.1, -0.05) is 23.7 Å². The van der Waals surface area contributed by atoms with Crippen LogP contribution in [0.5, 0.6) is 0 Å². The summed E-state index contributed by atoms with van der Waals surface area (Å²) in [5.41, 5.74) is 1.84. The number of carbonyl (C=O) groups excluding carboxylic acids is 1. The number of H-pyrrole nitrogens is 1. The van der Waals surface area contributed by atoms with Crippen molar-refractivity contribution in [3.05, 3.63) is 79.7 Å². The maximum absolute atomic E-state index is 13.5. The highest BCUT2D eigenvalue weighted by Gasteiger charge is 2.20. The van der Waals surface area contributed by atoms with Crippen molar-refractivity contribution in [1.82, 2.24) is 33.6 Å². The van der Waals surface area contributed by atoms with Crippen LogP contribution in [0.2, 0.25) is 5.02 Å². The van der Waals surface area contributed by atoms with E-state index in [4.69, 9.17) is 11.6 Å². The number of pyridine rings is 1. The van der Waals surface area contributed by atoms with E-state index in [-0.39, 0.29) is 23.6 Å². The molecule has 0 bridgehead atoms. The number of anilines is 2. The van der Waals surface area contributed by atoms with Gasteiger partial charge in [0.15, 0.2) is 11.2 Å². The third kappa shape index (κ3) is 4.56. The van der Waals surface area contributed by atoms with Gasteiger partial charge in [0.2, 0.25) is 11.9 Å². The normalized spacial score (nSPS) is 11.4. The molecule has 5 rings (SSSR count). The predicted molar refractivity (Wildman–Crippen MR) is 147 cm³/mol. The fraction of sp³-hybridized carbons (Fsp3) is 0.269. The van der Waals surface area contributed by atoms with Crippen molar-refractivity contribution in [1.29, 1.82) is 0 Å². The quantitative estimate of drug-likeness (QED) is 0.331. The lowest BCUT2D eigenvalue weighted by Gasteiger charge is -2.10. The Balaban J connectivity index is 1.48. The Labute approximate surface area is 222 Å². The number of imidazole rings is 1. The molecule has 4 aromatic heterocycles. The molecule has 0 saturated heterocycles. The zero-order chi connectivity index (χ0) is 27.1. The van der Waals surface area contributed by atoms with Crippen molar-refractivity contribution in [2.45, 2.75) is 19.4 Å². The van der Waals surface area contributed by atoms with Gasteiger partial charge in [-0.2, -0.15) is 4.98 Å². The highest BCUT2D eigenvalue weighted by atomic mass is 35.5. The van der Waals surface area contributed by atoms with Crippen LogP contribution in [0.25, 0.3) is 22.1 Å². The van der Waals surface area contributed by atoms with Crippen LogP contribution < -0.4 is 16.6 Å². The summed E-state index contributed by atoms with van der Waals surface area (Å²) in [4.78, 5) is 52.5. The van der Waals surface area contributed by atoms with Crippen LogP contribution in [0.4, 0.5) is 11.8 Å². The second kappa shape index (κ2) is 9.82. The van der Waals surface area contributed by atoms with Crippen LogP contribution in [-0.2, 0) is 31.9 Å². The number of aryl methyl sites for hydroxylation is 3. The number of aromatic amines is 1. The van der Waals surface area contributed by atoms with Crippen LogP contribution in [0.1, 0.15) is 17.8 Å². The minimum atomic E-state index is -0.484. The minimum absolute atomic E-state index is 0.0215. The minimum Gasteiger partial charge on any atom is -0.357 e. The molecule has 0 unspecified atom stereocenters. The average Bonchev–Trinajstić information content (AvgIpc) is 3.45. The Hall–Kier alpha value is -4.38. The van der Waals surface area contributed by atoms with Crippen LogP contribution in [0, 0.1) is 0 Å². The second-order valence-electron chi connectivity index (χ2n) is 9.32. The number of halogens is 1. The number of carbonyl (C=O) groups is 1. The van der Waals surface area contributed by atoms with Crippen LogP contribution >= 0.6 is 11.6 Å². The summed E-state index contributed by atoms with van der Waals surface area (Å²) in [6.07, 6.45) is 0.841. The lowest BCUT2D eigenvalue weighted by molar-refractivity contribution is -0.128. The van der Waals surface area contributed by atoms with Gasteiger partial charge in [-0.25, -0.2) is 9.78 Å². The molecule has 0 radical (unpaired) electrons. The van der Waals surface area contributed by atoms with E-state index < -0.39 is 11.2 Å². The molecule has 4 heterocycles. The number of hydrogen-bond donors (Lipinski definition) is 2. The summed E-state index contributed by atoms with van der Waals surface area (Å²) in [5.74, 6) is 0.892. The monoisotopic (exact) mass is 534 g/mol. The van der Waals surface area contributed by atoms with Crippen LogP contribution in [-0.4, -0.2) is 53.6 Å². The molecule has 0 aliphatic heterocycles. The van der Waals surface area contributed by atoms with Gasteiger partial charge in [0.1, 0.15) is 5.82 Å². The van der Waals surface area contributed by atoms with Crippen molar-refractivity contribution in [2.24, 2.45) is 14.1 Å². The maximum Gasteiger partial charge on any atom is 0.332 e. The third-order valence-corrected chi connectivity index (χ3v) is 6.83. The highest BCUT2D eigenvalue weighted by molar-refractivity contribution is 6.35. The summed E-state index contributed by atoms with van der Waals surface area (Å²) in [6, 6.07) is 12.8. The SMILES string of the molecule is CN(C)C(=O)CCc1cccc(Nc2nc3c(c(=O)n(Cc4cc5c(Cl)cccc5[nH]4)c(=O)n3C)n2C)n1. The number of hydrogen-bond acceptors (Lipinski definition) is 6. The fourth-order valence-corrected chi connectivity index (χ4v) is 4.62.